The van der Waals surface area contributed by atoms with Crippen LogP contribution in [0.2, 0.25) is 0 Å². The summed E-state index contributed by atoms with van der Waals surface area (Å²) in [5.41, 5.74) is 3.52. The Morgan fingerprint density at radius 2 is 1.26 bits per heavy atom. The lowest BCUT2D eigenvalue weighted by Crippen LogP contribution is -2.09. The Kier molecular flexibility index (Phi) is 11.6. The molecule has 0 fully saturated rings. The third-order valence-electron chi connectivity index (χ3n) is 5.40. The summed E-state index contributed by atoms with van der Waals surface area (Å²) in [6.45, 7) is 27.8. The molecule has 0 saturated heterocycles. The van der Waals surface area contributed by atoms with Gasteiger partial charge in [-0.25, -0.2) is 14.3 Å². The van der Waals surface area contributed by atoms with Crippen LogP contribution in [0.1, 0.15) is 142 Å². The fourth-order valence-electron chi connectivity index (χ4n) is 3.72. The second kappa shape index (κ2) is 13.4. The summed E-state index contributed by atoms with van der Waals surface area (Å²) in [5.74, 6) is 2.71. The summed E-state index contributed by atoms with van der Waals surface area (Å²) in [6, 6.07) is 1.34. The lowest BCUT2D eigenvalue weighted by atomic mass is 10.1. The van der Waals surface area contributed by atoms with Crippen molar-refractivity contribution in [2.75, 3.05) is 0 Å². The SMILES string of the molecule is CC(C)c1cnnn1C(C)C.CC(C)c1nccn1C(C)C.Cc1nnn(C(C)C)c1C(C)C. The number of imidazole rings is 1. The van der Waals surface area contributed by atoms with Gasteiger partial charge in [-0.2, -0.15) is 0 Å². The maximum absolute atomic E-state index is 4.30. The number of nitrogens with zero attached hydrogens (tertiary/aromatic N) is 8. The molecule has 0 amide bonds. The third-order valence-corrected chi connectivity index (χ3v) is 5.40. The fraction of sp³-hybridized carbons (Fsp3) is 0.731. The van der Waals surface area contributed by atoms with Crippen LogP contribution in [0, 0.1) is 6.92 Å². The average Bonchev–Trinajstić information content (AvgIpc) is 3.47. The first-order chi connectivity index (χ1) is 15.8. The second-order valence-corrected chi connectivity index (χ2v) is 10.5. The van der Waals surface area contributed by atoms with E-state index in [1.165, 1.54) is 17.2 Å². The average molecular weight is 473 g/mol. The zero-order valence-electron chi connectivity index (χ0n) is 23.8. The number of hydrogen-bond donors (Lipinski definition) is 0. The van der Waals surface area contributed by atoms with Crippen LogP contribution < -0.4 is 0 Å². The maximum Gasteiger partial charge on any atom is 0.111 e. The molecule has 0 aliphatic heterocycles. The van der Waals surface area contributed by atoms with Gasteiger partial charge in [-0.15, -0.1) is 10.2 Å². The molecule has 3 aromatic heterocycles. The smallest absolute Gasteiger partial charge is 0.111 e. The molecule has 0 atom stereocenters. The molecule has 0 saturated carbocycles. The van der Waals surface area contributed by atoms with E-state index in [1.54, 1.807) is 0 Å². The second-order valence-electron chi connectivity index (χ2n) is 10.5. The van der Waals surface area contributed by atoms with E-state index in [-0.39, 0.29) is 0 Å². The summed E-state index contributed by atoms with van der Waals surface area (Å²) >= 11 is 0. The summed E-state index contributed by atoms with van der Waals surface area (Å²) < 4.78 is 6.18. The van der Waals surface area contributed by atoms with E-state index in [9.17, 15) is 0 Å². The van der Waals surface area contributed by atoms with Gasteiger partial charge in [0.15, 0.2) is 0 Å². The van der Waals surface area contributed by atoms with Crippen molar-refractivity contribution in [3.8, 4) is 0 Å². The summed E-state index contributed by atoms with van der Waals surface area (Å²) in [7, 11) is 0. The van der Waals surface area contributed by atoms with Gasteiger partial charge in [0.1, 0.15) is 5.82 Å². The van der Waals surface area contributed by atoms with Gasteiger partial charge in [0.05, 0.1) is 23.3 Å². The molecule has 0 aromatic carbocycles. The molecule has 0 unspecified atom stereocenters. The van der Waals surface area contributed by atoms with Crippen LogP contribution in [0.3, 0.4) is 0 Å². The molecule has 192 valence electrons. The predicted octanol–water partition coefficient (Wildman–Crippen LogP) is 6.86. The highest BCUT2D eigenvalue weighted by atomic mass is 15.4. The first-order valence-corrected chi connectivity index (χ1v) is 12.6. The molecule has 8 nitrogen and oxygen atoms in total. The first kappa shape index (κ1) is 29.5. The van der Waals surface area contributed by atoms with E-state index in [0.717, 1.165) is 5.69 Å². The van der Waals surface area contributed by atoms with E-state index in [0.29, 0.717) is 35.9 Å². The summed E-state index contributed by atoms with van der Waals surface area (Å²) in [6.07, 6.45) is 5.75. The van der Waals surface area contributed by atoms with Crippen molar-refractivity contribution < 1.29 is 0 Å². The van der Waals surface area contributed by atoms with E-state index in [1.807, 2.05) is 34.9 Å². The lowest BCUT2D eigenvalue weighted by molar-refractivity contribution is 0.484. The molecule has 0 spiro atoms. The minimum Gasteiger partial charge on any atom is -0.332 e. The molecule has 0 N–H and O–H groups in total. The highest BCUT2D eigenvalue weighted by molar-refractivity contribution is 5.12. The normalized spacial score (nSPS) is 11.5. The Labute approximate surface area is 207 Å². The molecule has 0 radical (unpaired) electrons. The largest absolute Gasteiger partial charge is 0.332 e. The van der Waals surface area contributed by atoms with Crippen LogP contribution in [0.4, 0.5) is 0 Å². The van der Waals surface area contributed by atoms with E-state index >= 15 is 0 Å². The Hall–Kier alpha value is -2.51. The number of aryl methyl sites for hydroxylation is 1. The third kappa shape index (κ3) is 8.06. The summed E-state index contributed by atoms with van der Waals surface area (Å²) in [5, 5.41) is 16.1. The van der Waals surface area contributed by atoms with Crippen molar-refractivity contribution in [2.45, 2.75) is 126 Å². The maximum atomic E-state index is 4.30. The minimum absolute atomic E-state index is 0.406. The molecular formula is C26H48N8. The Balaban J connectivity index is 0.000000255. The topological polar surface area (TPSA) is 79.2 Å². The molecule has 0 aliphatic rings. The molecule has 0 bridgehead atoms. The van der Waals surface area contributed by atoms with Crippen molar-refractivity contribution in [1.29, 1.82) is 0 Å². The van der Waals surface area contributed by atoms with E-state index in [4.69, 9.17) is 0 Å². The van der Waals surface area contributed by atoms with E-state index in [2.05, 4.69) is 113 Å². The zero-order chi connectivity index (χ0) is 26.2. The Bertz CT molecular complexity index is 862. The van der Waals surface area contributed by atoms with Gasteiger partial charge in [-0.1, -0.05) is 52.0 Å². The van der Waals surface area contributed by atoms with Gasteiger partial charge < -0.3 is 4.57 Å². The molecule has 0 aliphatic carbocycles. The Morgan fingerprint density at radius 1 is 0.676 bits per heavy atom. The number of aromatic nitrogens is 8. The number of hydrogen-bond acceptors (Lipinski definition) is 5. The minimum atomic E-state index is 0.406. The highest BCUT2D eigenvalue weighted by Gasteiger charge is 2.14. The summed E-state index contributed by atoms with van der Waals surface area (Å²) in [4.78, 5) is 4.30. The highest BCUT2D eigenvalue weighted by Crippen LogP contribution is 2.20. The standard InChI is InChI=1S/C9H17N3.C9H16N2.C8H15N3/c1-6(2)9-8(5)10-11-12(9)7(3)4;1-7(2)9-10-5-6-11(9)8(3)4;1-6(2)8-5-9-10-11(8)7(3)4/h6-7H,1-5H3;5-8H,1-4H3;5-7H,1-4H3. The van der Waals surface area contributed by atoms with Gasteiger partial charge in [-0.05, 0) is 60.3 Å². The molecular weight excluding hydrogens is 424 g/mol. The van der Waals surface area contributed by atoms with Crippen LogP contribution in [0.15, 0.2) is 18.6 Å². The first-order valence-electron chi connectivity index (χ1n) is 12.6. The van der Waals surface area contributed by atoms with Crippen LogP contribution in [0.5, 0.6) is 0 Å². The fourth-order valence-corrected chi connectivity index (χ4v) is 3.72. The molecule has 3 rings (SSSR count). The van der Waals surface area contributed by atoms with E-state index < -0.39 is 0 Å². The van der Waals surface area contributed by atoms with Gasteiger partial charge in [-0.3, -0.25) is 0 Å². The lowest BCUT2D eigenvalue weighted by Gasteiger charge is -2.13. The monoisotopic (exact) mass is 472 g/mol. The zero-order valence-corrected chi connectivity index (χ0v) is 23.8. The molecule has 3 heterocycles. The van der Waals surface area contributed by atoms with Gasteiger partial charge in [0.2, 0.25) is 0 Å². The van der Waals surface area contributed by atoms with Crippen molar-refractivity contribution >= 4 is 0 Å². The molecule has 34 heavy (non-hydrogen) atoms. The van der Waals surface area contributed by atoms with Crippen molar-refractivity contribution in [1.82, 2.24) is 39.5 Å². The van der Waals surface area contributed by atoms with Crippen molar-refractivity contribution in [2.24, 2.45) is 0 Å². The van der Waals surface area contributed by atoms with Gasteiger partial charge in [0, 0.05) is 36.4 Å². The quantitative estimate of drug-likeness (QED) is 0.391. The number of rotatable bonds is 6. The molecule has 3 aromatic rings. The van der Waals surface area contributed by atoms with Crippen LogP contribution in [0.25, 0.3) is 0 Å². The van der Waals surface area contributed by atoms with Crippen LogP contribution in [-0.4, -0.2) is 39.5 Å². The van der Waals surface area contributed by atoms with Gasteiger partial charge >= 0.3 is 0 Å². The van der Waals surface area contributed by atoms with Gasteiger partial charge in [0.25, 0.3) is 0 Å². The molecule has 8 heteroatoms. The van der Waals surface area contributed by atoms with Crippen molar-refractivity contribution in [3.63, 3.8) is 0 Å². The Morgan fingerprint density at radius 3 is 1.62 bits per heavy atom. The van der Waals surface area contributed by atoms with Crippen molar-refractivity contribution in [3.05, 3.63) is 41.5 Å². The predicted molar refractivity (Wildman–Crippen MR) is 140 cm³/mol. The van der Waals surface area contributed by atoms with Crippen LogP contribution >= 0.6 is 0 Å². The van der Waals surface area contributed by atoms with Crippen LogP contribution in [-0.2, 0) is 0 Å².